The van der Waals surface area contributed by atoms with Crippen LogP contribution in [0, 0.1) is 5.82 Å². The first-order valence-electron chi connectivity index (χ1n) is 11.9. The van der Waals surface area contributed by atoms with E-state index >= 15 is 4.39 Å². The number of hydrogen-bond acceptors (Lipinski definition) is 6. The van der Waals surface area contributed by atoms with E-state index in [0.29, 0.717) is 41.9 Å². The van der Waals surface area contributed by atoms with Crippen molar-refractivity contribution < 1.29 is 31.8 Å². The third-order valence-corrected chi connectivity index (χ3v) is 6.39. The van der Waals surface area contributed by atoms with E-state index in [9.17, 15) is 22.8 Å². The van der Waals surface area contributed by atoms with E-state index in [2.05, 4.69) is 15.6 Å². The van der Waals surface area contributed by atoms with Crippen LogP contribution in [0.15, 0.2) is 47.4 Å². The Bertz CT molecular complexity index is 1450. The van der Waals surface area contributed by atoms with Gasteiger partial charge >= 0.3 is 6.18 Å². The van der Waals surface area contributed by atoms with Crippen LogP contribution in [-0.2, 0) is 6.18 Å². The van der Waals surface area contributed by atoms with Crippen LogP contribution in [0.1, 0.15) is 29.8 Å². The first-order valence-corrected chi connectivity index (χ1v) is 11.9. The standard InChI is InChI=1S/C26H24F4N4O4/c1-13-10-34(11-14(2)32-13)21-8-19(27)16(15-3-4-22-23(5-15)38-12-37-22)6-20(21)33-25(36)17-9-31-24(35)7-18(17)26(28,29)30/h3-9,13-14,32H,10-12H2,1-2H3,(H,31,35)(H,33,36)/t13-,14+. The average molecular weight is 532 g/mol. The highest BCUT2D eigenvalue weighted by Gasteiger charge is 2.36. The van der Waals surface area contributed by atoms with Gasteiger partial charge in [0.15, 0.2) is 11.5 Å². The van der Waals surface area contributed by atoms with Crippen LogP contribution in [-0.4, -0.2) is 42.9 Å². The molecule has 2 aromatic carbocycles. The SMILES string of the molecule is C[C@@H]1CN(c2cc(F)c(-c3ccc4c(c3)OCO4)cc2NC(=O)c2c[nH]c(=O)cc2C(F)(F)F)C[C@H](C)N1. The van der Waals surface area contributed by atoms with Crippen molar-refractivity contribution in [2.24, 2.45) is 0 Å². The maximum atomic E-state index is 15.5. The van der Waals surface area contributed by atoms with E-state index in [-0.39, 0.29) is 30.1 Å². The zero-order valence-electron chi connectivity index (χ0n) is 20.4. The van der Waals surface area contributed by atoms with Gasteiger partial charge in [-0.15, -0.1) is 0 Å². The average Bonchev–Trinajstić information content (AvgIpc) is 3.31. The summed E-state index contributed by atoms with van der Waals surface area (Å²) in [7, 11) is 0. The number of piperazine rings is 1. The maximum Gasteiger partial charge on any atom is 0.417 e. The fourth-order valence-electron chi connectivity index (χ4n) is 4.82. The highest BCUT2D eigenvalue weighted by molar-refractivity contribution is 6.07. The molecule has 2 atom stereocenters. The zero-order valence-corrected chi connectivity index (χ0v) is 20.4. The Morgan fingerprint density at radius 3 is 2.47 bits per heavy atom. The molecule has 200 valence electrons. The highest BCUT2D eigenvalue weighted by atomic mass is 19.4. The molecule has 12 heteroatoms. The Balaban J connectivity index is 1.59. The largest absolute Gasteiger partial charge is 0.454 e. The first-order chi connectivity index (χ1) is 18.0. The zero-order chi connectivity index (χ0) is 27.2. The number of pyridine rings is 1. The van der Waals surface area contributed by atoms with Gasteiger partial charge in [-0.25, -0.2) is 4.39 Å². The van der Waals surface area contributed by atoms with Crippen LogP contribution in [0.25, 0.3) is 11.1 Å². The number of halogens is 4. The molecule has 0 saturated carbocycles. The summed E-state index contributed by atoms with van der Waals surface area (Å²) in [6.07, 6.45) is -4.22. The Labute approximate surface area is 214 Å². The molecular formula is C26H24F4N4O4. The summed E-state index contributed by atoms with van der Waals surface area (Å²) in [5.41, 5.74) is -2.16. The number of aromatic amines is 1. The number of carbonyl (C=O) groups excluding carboxylic acids is 1. The maximum absolute atomic E-state index is 15.5. The summed E-state index contributed by atoms with van der Waals surface area (Å²) >= 11 is 0. The molecule has 2 aliphatic heterocycles. The van der Waals surface area contributed by atoms with E-state index in [1.54, 1.807) is 18.2 Å². The van der Waals surface area contributed by atoms with Crippen molar-refractivity contribution in [1.29, 1.82) is 0 Å². The van der Waals surface area contributed by atoms with Crippen LogP contribution in [0.5, 0.6) is 11.5 Å². The van der Waals surface area contributed by atoms with Crippen molar-refractivity contribution in [2.75, 3.05) is 30.1 Å². The summed E-state index contributed by atoms with van der Waals surface area (Å²) < 4.78 is 67.1. The molecule has 0 spiro atoms. The minimum Gasteiger partial charge on any atom is -0.454 e. The van der Waals surface area contributed by atoms with Crippen molar-refractivity contribution in [3.63, 3.8) is 0 Å². The van der Waals surface area contributed by atoms with Gasteiger partial charge in [-0.1, -0.05) is 6.07 Å². The van der Waals surface area contributed by atoms with Gasteiger partial charge in [0.25, 0.3) is 5.91 Å². The summed E-state index contributed by atoms with van der Waals surface area (Å²) in [6.45, 7) is 4.88. The van der Waals surface area contributed by atoms with E-state index in [1.807, 2.05) is 18.7 Å². The molecule has 5 rings (SSSR count). The lowest BCUT2D eigenvalue weighted by atomic mass is 10.0. The number of aromatic nitrogens is 1. The summed E-state index contributed by atoms with van der Waals surface area (Å²) in [5.74, 6) is -0.768. The second-order valence-electron chi connectivity index (χ2n) is 9.37. The fraction of sp³-hybridized carbons (Fsp3) is 0.308. The van der Waals surface area contributed by atoms with Crippen molar-refractivity contribution in [3.8, 4) is 22.6 Å². The monoisotopic (exact) mass is 532 g/mol. The third kappa shape index (κ3) is 5.03. The van der Waals surface area contributed by atoms with Crippen molar-refractivity contribution in [1.82, 2.24) is 10.3 Å². The molecule has 0 unspecified atom stereocenters. The van der Waals surface area contributed by atoms with Crippen LogP contribution < -0.4 is 30.6 Å². The summed E-state index contributed by atoms with van der Waals surface area (Å²) in [5, 5.41) is 5.89. The van der Waals surface area contributed by atoms with E-state index < -0.39 is 34.6 Å². The number of benzene rings is 2. The molecule has 0 aliphatic carbocycles. The molecule has 2 aliphatic rings. The van der Waals surface area contributed by atoms with Crippen molar-refractivity contribution in [3.05, 3.63) is 69.9 Å². The van der Waals surface area contributed by atoms with Gasteiger partial charge in [0.05, 0.1) is 22.5 Å². The predicted molar refractivity (Wildman–Crippen MR) is 132 cm³/mol. The molecular weight excluding hydrogens is 508 g/mol. The summed E-state index contributed by atoms with van der Waals surface area (Å²) in [6, 6.07) is 7.89. The number of fused-ring (bicyclic) bond motifs is 1. The Morgan fingerprint density at radius 2 is 1.76 bits per heavy atom. The van der Waals surface area contributed by atoms with Gasteiger partial charge < -0.3 is 30.0 Å². The number of amides is 1. The van der Waals surface area contributed by atoms with E-state index in [4.69, 9.17) is 9.47 Å². The predicted octanol–water partition coefficient (Wildman–Crippen LogP) is 4.37. The molecule has 1 fully saturated rings. The Hall–Kier alpha value is -4.06. The fourth-order valence-corrected chi connectivity index (χ4v) is 4.82. The number of H-pyrrole nitrogens is 1. The van der Waals surface area contributed by atoms with Crippen LogP contribution in [0.4, 0.5) is 28.9 Å². The normalized spacial score (nSPS) is 18.9. The number of anilines is 2. The number of carbonyl (C=O) groups is 1. The lowest BCUT2D eigenvalue weighted by molar-refractivity contribution is -0.138. The molecule has 1 amide bonds. The van der Waals surface area contributed by atoms with Gasteiger partial charge in [0.1, 0.15) is 5.82 Å². The van der Waals surface area contributed by atoms with Gasteiger partial charge in [0.2, 0.25) is 12.4 Å². The van der Waals surface area contributed by atoms with Crippen LogP contribution >= 0.6 is 0 Å². The van der Waals surface area contributed by atoms with E-state index in [0.717, 1.165) is 6.20 Å². The number of alkyl halides is 3. The molecule has 1 aromatic heterocycles. The molecule has 3 heterocycles. The molecule has 1 saturated heterocycles. The molecule has 3 aromatic rings. The summed E-state index contributed by atoms with van der Waals surface area (Å²) in [4.78, 5) is 28.7. The van der Waals surface area contributed by atoms with Gasteiger partial charge in [-0.05, 0) is 43.7 Å². The number of nitrogens with zero attached hydrogens (tertiary/aromatic N) is 1. The highest BCUT2D eigenvalue weighted by Crippen LogP contribution is 2.40. The lowest BCUT2D eigenvalue weighted by Gasteiger charge is -2.38. The van der Waals surface area contributed by atoms with Gasteiger partial charge in [-0.3, -0.25) is 9.59 Å². The van der Waals surface area contributed by atoms with Crippen LogP contribution in [0.3, 0.4) is 0 Å². The Kier molecular flexibility index (Phi) is 6.51. The van der Waals surface area contributed by atoms with Crippen molar-refractivity contribution in [2.45, 2.75) is 32.1 Å². The smallest absolute Gasteiger partial charge is 0.417 e. The molecule has 0 bridgehead atoms. The second-order valence-corrected chi connectivity index (χ2v) is 9.37. The third-order valence-electron chi connectivity index (χ3n) is 6.39. The molecule has 3 N–H and O–H groups in total. The number of ether oxygens (including phenoxy) is 2. The quantitative estimate of drug-likeness (QED) is 0.432. The van der Waals surface area contributed by atoms with Gasteiger partial charge in [-0.2, -0.15) is 13.2 Å². The minimum absolute atomic E-state index is 0.0293. The van der Waals surface area contributed by atoms with E-state index in [1.165, 1.54) is 12.1 Å². The molecule has 8 nitrogen and oxygen atoms in total. The second kappa shape index (κ2) is 9.67. The first kappa shape index (κ1) is 25.6. The Morgan fingerprint density at radius 1 is 1.05 bits per heavy atom. The number of nitrogens with one attached hydrogen (secondary N) is 3. The number of rotatable bonds is 4. The molecule has 0 radical (unpaired) electrons. The topological polar surface area (TPSA) is 95.7 Å². The number of hydrogen-bond donors (Lipinski definition) is 3. The van der Waals surface area contributed by atoms with Gasteiger partial charge in [0, 0.05) is 43.0 Å². The van der Waals surface area contributed by atoms with Crippen LogP contribution in [0.2, 0.25) is 0 Å². The van der Waals surface area contributed by atoms with Crippen molar-refractivity contribution >= 4 is 17.3 Å². The lowest BCUT2D eigenvalue weighted by Crippen LogP contribution is -2.54. The molecule has 38 heavy (non-hydrogen) atoms. The minimum atomic E-state index is -4.94.